The first-order valence-electron chi connectivity index (χ1n) is 7.12. The average molecular weight is 412 g/mol. The van der Waals surface area contributed by atoms with Crippen LogP contribution >= 0.6 is 34.9 Å². The number of benzene rings is 2. The number of thiophene rings is 1. The summed E-state index contributed by atoms with van der Waals surface area (Å²) in [6, 6.07) is 9.93. The largest absolute Gasteiger partial charge is 0.507 e. The van der Waals surface area contributed by atoms with Gasteiger partial charge in [-0.25, -0.2) is 9.18 Å². The van der Waals surface area contributed by atoms with Gasteiger partial charge >= 0.3 is 5.97 Å². The molecule has 1 aromatic heterocycles. The molecule has 3 aromatic rings. The summed E-state index contributed by atoms with van der Waals surface area (Å²) in [6.45, 7) is 0. The summed E-state index contributed by atoms with van der Waals surface area (Å²) in [6.07, 6.45) is 0. The highest BCUT2D eigenvalue weighted by atomic mass is 35.5. The van der Waals surface area contributed by atoms with Crippen LogP contribution in [0.25, 0.3) is 11.1 Å². The molecule has 2 aromatic carbocycles. The Bertz CT molecular complexity index is 993. The van der Waals surface area contributed by atoms with E-state index in [4.69, 9.17) is 16.7 Å². The van der Waals surface area contributed by atoms with Gasteiger partial charge in [0.1, 0.15) is 15.6 Å². The number of anilines is 1. The SMILES string of the molecule is O=C(O)c1ccc(NSc2cc(-c3ccc(O)c(F)c3)c(Cl)s2)cc1O. The first-order chi connectivity index (χ1) is 12.3. The second kappa shape index (κ2) is 7.45. The van der Waals surface area contributed by atoms with Crippen LogP contribution in [0.5, 0.6) is 11.5 Å². The Labute approximate surface area is 160 Å². The molecular weight excluding hydrogens is 401 g/mol. The van der Waals surface area contributed by atoms with Gasteiger partial charge in [0, 0.05) is 17.3 Å². The summed E-state index contributed by atoms with van der Waals surface area (Å²) >= 11 is 8.71. The third-order valence-electron chi connectivity index (χ3n) is 3.42. The van der Waals surface area contributed by atoms with Gasteiger partial charge in [-0.2, -0.15) is 0 Å². The Morgan fingerprint density at radius 1 is 1.12 bits per heavy atom. The van der Waals surface area contributed by atoms with Gasteiger partial charge in [-0.15, -0.1) is 11.3 Å². The number of halogens is 2. The van der Waals surface area contributed by atoms with E-state index >= 15 is 0 Å². The van der Waals surface area contributed by atoms with Gasteiger partial charge in [0.05, 0.1) is 4.21 Å². The minimum absolute atomic E-state index is 0.184. The number of hydrogen-bond acceptors (Lipinski definition) is 6. The van der Waals surface area contributed by atoms with Gasteiger partial charge in [-0.1, -0.05) is 17.7 Å². The lowest BCUT2D eigenvalue weighted by Gasteiger charge is -2.06. The zero-order valence-electron chi connectivity index (χ0n) is 12.9. The van der Waals surface area contributed by atoms with Crippen molar-refractivity contribution in [1.29, 1.82) is 0 Å². The van der Waals surface area contributed by atoms with E-state index in [9.17, 15) is 19.4 Å². The van der Waals surface area contributed by atoms with Gasteiger partial charge in [0.15, 0.2) is 11.6 Å². The highest BCUT2D eigenvalue weighted by Crippen LogP contribution is 2.41. The molecule has 0 amide bonds. The highest BCUT2D eigenvalue weighted by Gasteiger charge is 2.13. The van der Waals surface area contributed by atoms with Crippen LogP contribution in [-0.2, 0) is 0 Å². The first kappa shape index (κ1) is 18.4. The number of phenols is 2. The molecule has 5 nitrogen and oxygen atoms in total. The quantitative estimate of drug-likeness (QED) is 0.418. The molecule has 0 bridgehead atoms. The Hall–Kier alpha value is -2.42. The fourth-order valence-corrected chi connectivity index (χ4v) is 4.41. The molecular formula is C17H11ClFNO4S2. The van der Waals surface area contributed by atoms with E-state index in [1.165, 1.54) is 53.6 Å². The predicted octanol–water partition coefficient (Wildman–Crippen LogP) is 5.44. The maximum Gasteiger partial charge on any atom is 0.339 e. The predicted molar refractivity (Wildman–Crippen MR) is 101 cm³/mol. The minimum atomic E-state index is -1.21. The Morgan fingerprint density at radius 3 is 2.54 bits per heavy atom. The van der Waals surface area contributed by atoms with E-state index in [1.54, 1.807) is 12.1 Å². The molecule has 0 radical (unpaired) electrons. The van der Waals surface area contributed by atoms with E-state index in [0.29, 0.717) is 21.2 Å². The Balaban J connectivity index is 1.76. The topological polar surface area (TPSA) is 89.8 Å². The van der Waals surface area contributed by atoms with Gasteiger partial charge in [0.2, 0.25) is 0 Å². The van der Waals surface area contributed by atoms with Crippen molar-refractivity contribution in [2.45, 2.75) is 4.21 Å². The standard InChI is InChI=1S/C17H11ClFNO4S2/c18-16-11(8-1-4-13(21)12(19)5-8)7-15(25-16)26-20-9-2-3-10(17(23)24)14(22)6-9/h1-7,20-22H,(H,23,24). The van der Waals surface area contributed by atoms with Crippen molar-refractivity contribution >= 4 is 46.5 Å². The molecule has 0 aliphatic rings. The summed E-state index contributed by atoms with van der Waals surface area (Å²) in [4.78, 5) is 10.9. The number of nitrogens with one attached hydrogen (secondary N) is 1. The fourth-order valence-electron chi connectivity index (χ4n) is 2.15. The lowest BCUT2D eigenvalue weighted by atomic mass is 10.1. The number of carboxylic acid groups (broad SMARTS) is 1. The van der Waals surface area contributed by atoms with E-state index in [2.05, 4.69) is 4.72 Å². The number of carbonyl (C=O) groups is 1. The third-order valence-corrected chi connectivity index (χ3v) is 5.73. The zero-order chi connectivity index (χ0) is 18.8. The van der Waals surface area contributed by atoms with Crippen LogP contribution in [0.15, 0.2) is 46.7 Å². The normalized spacial score (nSPS) is 10.7. The number of hydrogen-bond donors (Lipinski definition) is 4. The molecule has 134 valence electrons. The number of phenolic OH excluding ortho intramolecular Hbond substituents is 1. The van der Waals surface area contributed by atoms with Gasteiger partial charge < -0.3 is 20.0 Å². The highest BCUT2D eigenvalue weighted by molar-refractivity contribution is 8.02. The summed E-state index contributed by atoms with van der Waals surface area (Å²) in [5, 5.41) is 27.9. The smallest absolute Gasteiger partial charge is 0.339 e. The Morgan fingerprint density at radius 2 is 1.88 bits per heavy atom. The van der Waals surface area contributed by atoms with Crippen LogP contribution in [0.2, 0.25) is 4.34 Å². The summed E-state index contributed by atoms with van der Waals surface area (Å²) in [7, 11) is 0. The second-order valence-corrected chi connectivity index (χ2v) is 7.92. The average Bonchev–Trinajstić information content (AvgIpc) is 2.96. The maximum atomic E-state index is 13.5. The number of rotatable bonds is 5. The molecule has 0 fully saturated rings. The van der Waals surface area contributed by atoms with Crippen molar-refractivity contribution in [2.75, 3.05) is 4.72 Å². The summed E-state index contributed by atoms with van der Waals surface area (Å²) in [5.41, 5.74) is 1.50. The maximum absolute atomic E-state index is 13.5. The molecule has 4 N–H and O–H groups in total. The van der Waals surface area contributed by atoms with Gasteiger partial charge in [-0.05, 0) is 47.8 Å². The number of aromatic hydroxyl groups is 2. The van der Waals surface area contributed by atoms with Gasteiger partial charge in [0.25, 0.3) is 0 Å². The lowest BCUT2D eigenvalue weighted by molar-refractivity contribution is 0.0694. The molecule has 0 aliphatic carbocycles. The fraction of sp³-hybridized carbons (Fsp3) is 0. The van der Waals surface area contributed by atoms with Crippen LogP contribution in [-0.4, -0.2) is 21.3 Å². The molecule has 3 rings (SSSR count). The van der Waals surface area contributed by atoms with Crippen molar-refractivity contribution in [3.8, 4) is 22.6 Å². The summed E-state index contributed by atoms with van der Waals surface area (Å²) in [5.74, 6) is -2.71. The second-order valence-electron chi connectivity index (χ2n) is 5.16. The van der Waals surface area contributed by atoms with Crippen LogP contribution in [0.4, 0.5) is 10.1 Å². The number of carboxylic acids is 1. The van der Waals surface area contributed by atoms with Crippen LogP contribution in [0, 0.1) is 5.82 Å². The van der Waals surface area contributed by atoms with E-state index < -0.39 is 17.5 Å². The molecule has 0 saturated carbocycles. The molecule has 0 aliphatic heterocycles. The van der Waals surface area contributed by atoms with Crippen molar-refractivity contribution < 1.29 is 24.5 Å². The first-order valence-corrected chi connectivity index (χ1v) is 9.13. The van der Waals surface area contributed by atoms with E-state index in [0.717, 1.165) is 4.21 Å². The van der Waals surface area contributed by atoms with E-state index in [1.807, 2.05) is 0 Å². The monoisotopic (exact) mass is 411 g/mol. The van der Waals surface area contributed by atoms with Crippen LogP contribution in [0.1, 0.15) is 10.4 Å². The molecule has 1 heterocycles. The molecule has 0 saturated heterocycles. The van der Waals surface area contributed by atoms with Crippen LogP contribution < -0.4 is 4.72 Å². The lowest BCUT2D eigenvalue weighted by Crippen LogP contribution is -1.97. The molecule has 0 unspecified atom stereocenters. The van der Waals surface area contributed by atoms with Crippen LogP contribution in [0.3, 0.4) is 0 Å². The molecule has 0 spiro atoms. The van der Waals surface area contributed by atoms with Crippen molar-refractivity contribution in [3.63, 3.8) is 0 Å². The van der Waals surface area contributed by atoms with Crippen molar-refractivity contribution in [2.24, 2.45) is 0 Å². The molecule has 26 heavy (non-hydrogen) atoms. The minimum Gasteiger partial charge on any atom is -0.507 e. The van der Waals surface area contributed by atoms with E-state index in [-0.39, 0.29) is 11.3 Å². The molecule has 0 atom stereocenters. The van der Waals surface area contributed by atoms with Gasteiger partial charge in [-0.3, -0.25) is 0 Å². The van der Waals surface area contributed by atoms with Crippen molar-refractivity contribution in [1.82, 2.24) is 0 Å². The Kier molecular flexibility index (Phi) is 5.26. The third kappa shape index (κ3) is 3.87. The summed E-state index contributed by atoms with van der Waals surface area (Å²) < 4.78 is 17.7. The van der Waals surface area contributed by atoms with Crippen molar-refractivity contribution in [3.05, 3.63) is 58.2 Å². The molecule has 9 heteroatoms. The number of aromatic carboxylic acids is 1. The zero-order valence-corrected chi connectivity index (χ0v) is 15.3.